The molecule has 0 fully saturated rings. The molecule has 3 aromatic rings. The van der Waals surface area contributed by atoms with Crippen LogP contribution < -0.4 is 0 Å². The summed E-state index contributed by atoms with van der Waals surface area (Å²) in [6.07, 6.45) is 3.06. The molecule has 0 N–H and O–H groups in total. The van der Waals surface area contributed by atoms with E-state index in [2.05, 4.69) is 11.1 Å². The van der Waals surface area contributed by atoms with E-state index in [9.17, 15) is 8.78 Å². The number of nitrogens with zero attached hydrogens (tertiary/aromatic N) is 2. The lowest BCUT2D eigenvalue weighted by molar-refractivity contribution is 0.630. The van der Waals surface area contributed by atoms with Crippen molar-refractivity contribution in [2.75, 3.05) is 0 Å². The summed E-state index contributed by atoms with van der Waals surface area (Å²) in [6, 6.07) is 14.6. The van der Waals surface area contributed by atoms with E-state index >= 15 is 0 Å². The van der Waals surface area contributed by atoms with Crippen LogP contribution in [0.25, 0.3) is 22.3 Å². The summed E-state index contributed by atoms with van der Waals surface area (Å²) in [5.41, 5.74) is 2.28. The van der Waals surface area contributed by atoms with E-state index in [-0.39, 0.29) is 6.42 Å². The van der Waals surface area contributed by atoms with Gasteiger partial charge in [0.2, 0.25) is 0 Å². The first-order chi connectivity index (χ1) is 11.2. The maximum Gasteiger partial charge on any atom is 0.131 e. The topological polar surface area (TPSA) is 36.7 Å². The number of rotatable bonds is 3. The molecule has 0 aliphatic heterocycles. The normalized spacial score (nSPS) is 10.3. The maximum atomic E-state index is 14.1. The Morgan fingerprint density at radius 3 is 1.70 bits per heavy atom. The molecule has 0 amide bonds. The van der Waals surface area contributed by atoms with E-state index < -0.39 is 11.6 Å². The highest BCUT2D eigenvalue weighted by Crippen LogP contribution is 2.34. The summed E-state index contributed by atoms with van der Waals surface area (Å²) in [7, 11) is 0. The zero-order chi connectivity index (χ0) is 16.2. The van der Waals surface area contributed by atoms with Gasteiger partial charge in [-0.2, -0.15) is 5.26 Å². The molecule has 4 heteroatoms. The average Bonchev–Trinajstić information content (AvgIpc) is 2.57. The smallest absolute Gasteiger partial charge is 0.131 e. The van der Waals surface area contributed by atoms with Crippen molar-refractivity contribution in [1.82, 2.24) is 4.98 Å². The number of aromatic nitrogens is 1. The number of benzene rings is 2. The van der Waals surface area contributed by atoms with Gasteiger partial charge in [0.25, 0.3) is 0 Å². The zero-order valence-electron chi connectivity index (χ0n) is 12.1. The van der Waals surface area contributed by atoms with Crippen LogP contribution in [0.2, 0.25) is 0 Å². The quantitative estimate of drug-likeness (QED) is 0.699. The van der Waals surface area contributed by atoms with Crippen LogP contribution in [-0.2, 0) is 6.42 Å². The SMILES string of the molecule is N#CCc1c(-c2ccccc2F)cncc1-c1ccccc1F. The molecule has 0 aliphatic carbocycles. The Morgan fingerprint density at radius 2 is 1.26 bits per heavy atom. The first kappa shape index (κ1) is 14.9. The Hall–Kier alpha value is -3.06. The minimum absolute atomic E-state index is 0.0376. The van der Waals surface area contributed by atoms with Crippen LogP contribution in [0.15, 0.2) is 60.9 Å². The van der Waals surface area contributed by atoms with E-state index in [1.165, 1.54) is 24.5 Å². The van der Waals surface area contributed by atoms with Crippen LogP contribution in [-0.4, -0.2) is 4.98 Å². The van der Waals surface area contributed by atoms with E-state index in [0.29, 0.717) is 27.8 Å². The third-order valence-corrected chi connectivity index (χ3v) is 3.64. The standard InChI is InChI=1S/C19H12F2N2/c20-18-7-3-1-5-14(18)16-11-23-12-17(13(16)9-10-22)15-6-2-4-8-19(15)21/h1-8,11-12H,9H2. The monoisotopic (exact) mass is 306 g/mol. The predicted octanol–water partition coefficient (Wildman–Crippen LogP) is 4.76. The molecule has 0 saturated heterocycles. The second-order valence-electron chi connectivity index (χ2n) is 5.01. The summed E-state index contributed by atoms with van der Waals surface area (Å²) in [5.74, 6) is -0.807. The minimum Gasteiger partial charge on any atom is -0.263 e. The lowest BCUT2D eigenvalue weighted by atomic mass is 9.92. The highest BCUT2D eigenvalue weighted by molar-refractivity contribution is 5.78. The van der Waals surface area contributed by atoms with Gasteiger partial charge >= 0.3 is 0 Å². The van der Waals surface area contributed by atoms with Gasteiger partial charge in [0.15, 0.2) is 0 Å². The predicted molar refractivity (Wildman–Crippen MR) is 84.3 cm³/mol. The fourth-order valence-corrected chi connectivity index (χ4v) is 2.58. The summed E-state index contributed by atoms with van der Waals surface area (Å²) >= 11 is 0. The first-order valence-corrected chi connectivity index (χ1v) is 7.06. The first-order valence-electron chi connectivity index (χ1n) is 7.06. The van der Waals surface area contributed by atoms with Gasteiger partial charge in [0, 0.05) is 34.6 Å². The summed E-state index contributed by atoms with van der Waals surface area (Å²) in [4.78, 5) is 4.12. The maximum absolute atomic E-state index is 14.1. The second kappa shape index (κ2) is 6.37. The molecule has 0 saturated carbocycles. The van der Waals surface area contributed by atoms with Gasteiger partial charge < -0.3 is 0 Å². The lowest BCUT2D eigenvalue weighted by Gasteiger charge is -2.13. The van der Waals surface area contributed by atoms with Crippen LogP contribution in [0.1, 0.15) is 5.56 Å². The van der Waals surface area contributed by atoms with Gasteiger partial charge in [-0.25, -0.2) is 8.78 Å². The van der Waals surface area contributed by atoms with E-state index in [4.69, 9.17) is 5.26 Å². The fraction of sp³-hybridized carbons (Fsp3) is 0.0526. The summed E-state index contributed by atoms with van der Waals surface area (Å²) in [6.45, 7) is 0. The number of hydrogen-bond donors (Lipinski definition) is 0. The molecule has 0 radical (unpaired) electrons. The molecule has 0 bridgehead atoms. The number of halogens is 2. The molecule has 0 aliphatic rings. The van der Waals surface area contributed by atoms with Gasteiger partial charge in [-0.05, 0) is 17.7 Å². The third kappa shape index (κ3) is 2.82. The molecule has 2 nitrogen and oxygen atoms in total. The average molecular weight is 306 g/mol. The van der Waals surface area contributed by atoms with Gasteiger partial charge in [-0.3, -0.25) is 4.98 Å². The van der Waals surface area contributed by atoms with Gasteiger partial charge in [-0.15, -0.1) is 0 Å². The summed E-state index contributed by atoms with van der Waals surface area (Å²) in [5, 5.41) is 9.14. The van der Waals surface area contributed by atoms with Crippen LogP contribution in [0, 0.1) is 23.0 Å². The Kier molecular flexibility index (Phi) is 4.11. The van der Waals surface area contributed by atoms with Crippen LogP contribution in [0.3, 0.4) is 0 Å². The largest absolute Gasteiger partial charge is 0.263 e. The molecule has 3 rings (SSSR count). The molecular weight excluding hydrogens is 294 g/mol. The summed E-state index contributed by atoms with van der Waals surface area (Å²) < 4.78 is 28.2. The highest BCUT2D eigenvalue weighted by Gasteiger charge is 2.16. The molecule has 0 atom stereocenters. The molecule has 112 valence electrons. The Bertz CT molecular complexity index is 834. The van der Waals surface area contributed by atoms with Crippen molar-refractivity contribution in [3.63, 3.8) is 0 Å². The van der Waals surface area contributed by atoms with Crippen molar-refractivity contribution in [3.05, 3.63) is 78.1 Å². The Morgan fingerprint density at radius 1 is 0.783 bits per heavy atom. The van der Waals surface area contributed by atoms with Gasteiger partial charge in [0.05, 0.1) is 12.5 Å². The van der Waals surface area contributed by atoms with Gasteiger partial charge in [-0.1, -0.05) is 36.4 Å². The minimum atomic E-state index is -0.404. The van der Waals surface area contributed by atoms with Crippen LogP contribution >= 0.6 is 0 Å². The number of pyridine rings is 1. The molecule has 1 aromatic heterocycles. The number of nitriles is 1. The highest BCUT2D eigenvalue weighted by atomic mass is 19.1. The van der Waals surface area contributed by atoms with Crippen molar-refractivity contribution in [2.24, 2.45) is 0 Å². The van der Waals surface area contributed by atoms with Crippen molar-refractivity contribution in [3.8, 4) is 28.3 Å². The molecule has 0 unspecified atom stereocenters. The second-order valence-corrected chi connectivity index (χ2v) is 5.01. The molecular formula is C19H12F2N2. The molecule has 0 spiro atoms. The van der Waals surface area contributed by atoms with Crippen LogP contribution in [0.5, 0.6) is 0 Å². The third-order valence-electron chi connectivity index (χ3n) is 3.64. The Balaban J connectivity index is 2.28. The van der Waals surface area contributed by atoms with Crippen molar-refractivity contribution in [1.29, 1.82) is 5.26 Å². The van der Waals surface area contributed by atoms with Gasteiger partial charge in [0.1, 0.15) is 11.6 Å². The van der Waals surface area contributed by atoms with E-state index in [1.54, 1.807) is 36.4 Å². The van der Waals surface area contributed by atoms with Crippen molar-refractivity contribution in [2.45, 2.75) is 6.42 Å². The van der Waals surface area contributed by atoms with E-state index in [0.717, 1.165) is 0 Å². The zero-order valence-corrected chi connectivity index (χ0v) is 12.1. The number of hydrogen-bond acceptors (Lipinski definition) is 2. The van der Waals surface area contributed by atoms with Crippen molar-refractivity contribution >= 4 is 0 Å². The lowest BCUT2D eigenvalue weighted by Crippen LogP contribution is -1.98. The van der Waals surface area contributed by atoms with Crippen molar-refractivity contribution < 1.29 is 8.78 Å². The Labute approximate surface area is 132 Å². The molecule has 2 aromatic carbocycles. The van der Waals surface area contributed by atoms with Crippen LogP contribution in [0.4, 0.5) is 8.78 Å². The van der Waals surface area contributed by atoms with E-state index in [1.807, 2.05) is 0 Å². The molecule has 1 heterocycles. The fourth-order valence-electron chi connectivity index (χ4n) is 2.58. The molecule has 23 heavy (non-hydrogen) atoms.